The summed E-state index contributed by atoms with van der Waals surface area (Å²) in [6.07, 6.45) is 1.25. The highest BCUT2D eigenvalue weighted by molar-refractivity contribution is 5.89. The van der Waals surface area contributed by atoms with Crippen LogP contribution in [0.15, 0.2) is 42.7 Å². The molecule has 1 heterocycles. The molecule has 0 aliphatic rings. The molecule has 2 aromatic carbocycles. The lowest BCUT2D eigenvalue weighted by atomic mass is 10.2. The molecule has 3 aromatic rings. The highest BCUT2D eigenvalue weighted by Gasteiger charge is 2.10. The summed E-state index contributed by atoms with van der Waals surface area (Å²) in [5, 5.41) is 3.38. The third-order valence-corrected chi connectivity index (χ3v) is 3.25. The van der Waals surface area contributed by atoms with E-state index < -0.39 is 11.6 Å². The predicted molar refractivity (Wildman–Crippen MR) is 79.8 cm³/mol. The van der Waals surface area contributed by atoms with Gasteiger partial charge in [0.15, 0.2) is 5.82 Å². The van der Waals surface area contributed by atoms with Gasteiger partial charge < -0.3 is 10.1 Å². The second kappa shape index (κ2) is 5.93. The SMILES string of the molecule is COc1cccc(CNc2ncnc3c(F)cc(F)cc23)c1. The molecule has 0 atom stereocenters. The van der Waals surface area contributed by atoms with Crippen LogP contribution >= 0.6 is 0 Å². The van der Waals surface area contributed by atoms with Gasteiger partial charge in [0.1, 0.15) is 29.2 Å². The van der Waals surface area contributed by atoms with E-state index in [9.17, 15) is 8.78 Å². The topological polar surface area (TPSA) is 47.0 Å². The maximum absolute atomic E-state index is 13.7. The molecule has 6 heteroatoms. The maximum atomic E-state index is 13.7. The summed E-state index contributed by atoms with van der Waals surface area (Å²) in [5.41, 5.74) is 1.05. The minimum absolute atomic E-state index is 0.0875. The molecule has 112 valence electrons. The molecule has 0 fully saturated rings. The maximum Gasteiger partial charge on any atom is 0.152 e. The van der Waals surface area contributed by atoms with Crippen LogP contribution < -0.4 is 10.1 Å². The van der Waals surface area contributed by atoms with Gasteiger partial charge in [0.05, 0.1) is 7.11 Å². The number of nitrogens with zero attached hydrogens (tertiary/aromatic N) is 2. The van der Waals surface area contributed by atoms with E-state index in [2.05, 4.69) is 15.3 Å². The fourth-order valence-corrected chi connectivity index (χ4v) is 2.20. The first-order chi connectivity index (χ1) is 10.7. The van der Waals surface area contributed by atoms with Crippen LogP contribution in [0.25, 0.3) is 10.9 Å². The average Bonchev–Trinajstić information content (AvgIpc) is 2.53. The van der Waals surface area contributed by atoms with Gasteiger partial charge in [-0.15, -0.1) is 0 Å². The van der Waals surface area contributed by atoms with Crippen molar-refractivity contribution in [2.75, 3.05) is 12.4 Å². The average molecular weight is 301 g/mol. The normalized spacial score (nSPS) is 10.7. The Morgan fingerprint density at radius 1 is 1.14 bits per heavy atom. The van der Waals surface area contributed by atoms with Crippen LogP contribution in [-0.2, 0) is 6.54 Å². The summed E-state index contributed by atoms with van der Waals surface area (Å²) in [6, 6.07) is 9.52. The molecule has 0 aliphatic heterocycles. The van der Waals surface area contributed by atoms with Gasteiger partial charge in [-0.05, 0) is 23.8 Å². The zero-order valence-electron chi connectivity index (χ0n) is 11.8. The Morgan fingerprint density at radius 2 is 2.00 bits per heavy atom. The molecule has 0 saturated carbocycles. The Hall–Kier alpha value is -2.76. The molecule has 0 bridgehead atoms. The zero-order valence-corrected chi connectivity index (χ0v) is 11.8. The number of anilines is 1. The Bertz CT molecular complexity index is 824. The van der Waals surface area contributed by atoms with Gasteiger partial charge in [-0.2, -0.15) is 0 Å². The fourth-order valence-electron chi connectivity index (χ4n) is 2.20. The van der Waals surface area contributed by atoms with E-state index >= 15 is 0 Å². The number of nitrogens with one attached hydrogen (secondary N) is 1. The van der Waals surface area contributed by atoms with E-state index in [1.165, 1.54) is 12.4 Å². The van der Waals surface area contributed by atoms with Crippen LogP contribution in [0.1, 0.15) is 5.56 Å². The first-order valence-electron chi connectivity index (χ1n) is 6.64. The van der Waals surface area contributed by atoms with Gasteiger partial charge in [0, 0.05) is 18.0 Å². The molecular weight excluding hydrogens is 288 g/mol. The minimum Gasteiger partial charge on any atom is -0.497 e. The lowest BCUT2D eigenvalue weighted by Crippen LogP contribution is -2.03. The molecule has 0 aliphatic carbocycles. The van der Waals surface area contributed by atoms with Crippen molar-refractivity contribution in [2.45, 2.75) is 6.54 Å². The van der Waals surface area contributed by atoms with Crippen LogP contribution in [0.2, 0.25) is 0 Å². The smallest absolute Gasteiger partial charge is 0.152 e. The molecule has 0 saturated heterocycles. The number of rotatable bonds is 4. The van der Waals surface area contributed by atoms with Crippen molar-refractivity contribution in [2.24, 2.45) is 0 Å². The number of ether oxygens (including phenoxy) is 1. The third kappa shape index (κ3) is 2.81. The van der Waals surface area contributed by atoms with E-state index in [-0.39, 0.29) is 5.52 Å². The molecule has 22 heavy (non-hydrogen) atoms. The molecule has 3 rings (SSSR count). The van der Waals surface area contributed by atoms with Crippen molar-refractivity contribution in [1.29, 1.82) is 0 Å². The number of benzene rings is 2. The van der Waals surface area contributed by atoms with Crippen LogP contribution in [0.5, 0.6) is 5.75 Å². The number of hydrogen-bond donors (Lipinski definition) is 1. The van der Waals surface area contributed by atoms with Crippen molar-refractivity contribution in [3.05, 3.63) is 59.9 Å². The summed E-state index contributed by atoms with van der Waals surface area (Å²) >= 11 is 0. The number of methoxy groups -OCH3 is 1. The molecule has 1 N–H and O–H groups in total. The van der Waals surface area contributed by atoms with Crippen LogP contribution in [0.4, 0.5) is 14.6 Å². The van der Waals surface area contributed by atoms with E-state index in [0.717, 1.165) is 17.4 Å². The van der Waals surface area contributed by atoms with Crippen molar-refractivity contribution in [1.82, 2.24) is 9.97 Å². The van der Waals surface area contributed by atoms with Crippen molar-refractivity contribution < 1.29 is 13.5 Å². The molecule has 0 spiro atoms. The molecule has 0 radical (unpaired) electrons. The molecule has 0 amide bonds. The summed E-state index contributed by atoms with van der Waals surface area (Å²) in [5.74, 6) is -0.249. The van der Waals surface area contributed by atoms with Crippen LogP contribution in [0, 0.1) is 11.6 Å². The van der Waals surface area contributed by atoms with Gasteiger partial charge >= 0.3 is 0 Å². The number of hydrogen-bond acceptors (Lipinski definition) is 4. The number of fused-ring (bicyclic) bond motifs is 1. The van der Waals surface area contributed by atoms with Gasteiger partial charge in [-0.3, -0.25) is 0 Å². The van der Waals surface area contributed by atoms with Crippen molar-refractivity contribution >= 4 is 16.7 Å². The van der Waals surface area contributed by atoms with Gasteiger partial charge in [-0.1, -0.05) is 12.1 Å². The second-order valence-electron chi connectivity index (χ2n) is 4.71. The monoisotopic (exact) mass is 301 g/mol. The number of halogens is 2. The second-order valence-corrected chi connectivity index (χ2v) is 4.71. The van der Waals surface area contributed by atoms with Crippen molar-refractivity contribution in [3.8, 4) is 5.75 Å². The summed E-state index contributed by atoms with van der Waals surface area (Å²) in [7, 11) is 1.59. The predicted octanol–water partition coefficient (Wildman–Crippen LogP) is 3.53. The summed E-state index contributed by atoms with van der Waals surface area (Å²) in [6.45, 7) is 0.446. The lowest BCUT2D eigenvalue weighted by molar-refractivity contribution is 0.414. The Kier molecular flexibility index (Phi) is 3.82. The lowest BCUT2D eigenvalue weighted by Gasteiger charge is -2.09. The first kappa shape index (κ1) is 14.2. The standard InChI is InChI=1S/C16H13F2N3O/c1-22-12-4-2-3-10(5-12)8-19-16-13-6-11(17)7-14(18)15(13)20-9-21-16/h2-7,9H,8H2,1H3,(H,19,20,21). The van der Waals surface area contributed by atoms with Crippen LogP contribution in [0.3, 0.4) is 0 Å². The van der Waals surface area contributed by atoms with Crippen LogP contribution in [-0.4, -0.2) is 17.1 Å². The Morgan fingerprint density at radius 3 is 2.82 bits per heavy atom. The first-order valence-corrected chi connectivity index (χ1v) is 6.64. The zero-order chi connectivity index (χ0) is 15.5. The fraction of sp³-hybridized carbons (Fsp3) is 0.125. The molecule has 4 nitrogen and oxygen atoms in total. The largest absolute Gasteiger partial charge is 0.497 e. The van der Waals surface area contributed by atoms with E-state index in [1.54, 1.807) is 7.11 Å². The molecular formula is C16H13F2N3O. The van der Waals surface area contributed by atoms with Crippen molar-refractivity contribution in [3.63, 3.8) is 0 Å². The minimum atomic E-state index is -0.707. The number of aromatic nitrogens is 2. The third-order valence-electron chi connectivity index (χ3n) is 3.25. The highest BCUT2D eigenvalue weighted by Crippen LogP contribution is 2.23. The summed E-state index contributed by atoms with van der Waals surface area (Å²) in [4.78, 5) is 7.91. The Labute approximate surface area is 125 Å². The quantitative estimate of drug-likeness (QED) is 0.801. The van der Waals surface area contributed by atoms with Gasteiger partial charge in [0.2, 0.25) is 0 Å². The highest BCUT2D eigenvalue weighted by atomic mass is 19.1. The van der Waals surface area contributed by atoms with E-state index in [4.69, 9.17) is 4.74 Å². The Balaban J connectivity index is 1.90. The summed E-state index contributed by atoms with van der Waals surface area (Å²) < 4.78 is 32.3. The van der Waals surface area contributed by atoms with E-state index in [1.807, 2.05) is 24.3 Å². The van der Waals surface area contributed by atoms with Gasteiger partial charge in [0.25, 0.3) is 0 Å². The van der Waals surface area contributed by atoms with E-state index in [0.29, 0.717) is 17.7 Å². The molecule has 1 aromatic heterocycles. The molecule has 0 unspecified atom stereocenters. The van der Waals surface area contributed by atoms with Gasteiger partial charge in [-0.25, -0.2) is 18.7 Å².